The first-order chi connectivity index (χ1) is 7.72. The number of ether oxygens (including phenoxy) is 2. The molecule has 1 fully saturated rings. The fourth-order valence-electron chi connectivity index (χ4n) is 2.20. The maximum atomic E-state index is 6.24. The van der Waals surface area contributed by atoms with Gasteiger partial charge in [-0.1, -0.05) is 17.7 Å². The van der Waals surface area contributed by atoms with Crippen molar-refractivity contribution >= 4 is 0 Å². The van der Waals surface area contributed by atoms with E-state index in [2.05, 4.69) is 13.0 Å². The Kier molecular flexibility index (Phi) is 3.46. The van der Waals surface area contributed by atoms with Crippen molar-refractivity contribution in [3.8, 4) is 5.75 Å². The van der Waals surface area contributed by atoms with Crippen LogP contribution in [0.15, 0.2) is 18.2 Å². The molecule has 3 nitrogen and oxygen atoms in total. The van der Waals surface area contributed by atoms with Gasteiger partial charge in [-0.05, 0) is 25.8 Å². The molecule has 16 heavy (non-hydrogen) atoms. The molecular formula is C13H19NO2. The lowest BCUT2D eigenvalue weighted by Gasteiger charge is -2.21. The minimum Gasteiger partial charge on any atom is -0.496 e. The predicted molar refractivity (Wildman–Crippen MR) is 63.6 cm³/mol. The molecule has 1 aromatic carbocycles. The van der Waals surface area contributed by atoms with E-state index < -0.39 is 0 Å². The normalized spacial score (nSPS) is 22.1. The molecule has 0 aliphatic carbocycles. The van der Waals surface area contributed by atoms with Crippen LogP contribution in [0, 0.1) is 6.92 Å². The third-order valence-electron chi connectivity index (χ3n) is 3.11. The lowest BCUT2D eigenvalue weighted by atomic mass is 9.98. The van der Waals surface area contributed by atoms with Crippen molar-refractivity contribution in [3.05, 3.63) is 29.3 Å². The van der Waals surface area contributed by atoms with Gasteiger partial charge in [0.15, 0.2) is 0 Å². The summed E-state index contributed by atoms with van der Waals surface area (Å²) in [4.78, 5) is 0. The zero-order valence-electron chi connectivity index (χ0n) is 9.90. The van der Waals surface area contributed by atoms with E-state index >= 15 is 0 Å². The molecular weight excluding hydrogens is 202 g/mol. The third-order valence-corrected chi connectivity index (χ3v) is 3.11. The van der Waals surface area contributed by atoms with E-state index in [0.717, 1.165) is 30.8 Å². The highest BCUT2D eigenvalue weighted by Crippen LogP contribution is 2.31. The van der Waals surface area contributed by atoms with Crippen LogP contribution in [-0.4, -0.2) is 19.8 Å². The summed E-state index contributed by atoms with van der Waals surface area (Å²) in [7, 11) is 1.68. The number of nitrogens with two attached hydrogens (primary N) is 1. The second kappa shape index (κ2) is 4.85. The lowest BCUT2D eigenvalue weighted by molar-refractivity contribution is 0.0893. The first kappa shape index (κ1) is 11.4. The van der Waals surface area contributed by atoms with E-state index in [1.54, 1.807) is 7.11 Å². The number of rotatable bonds is 3. The van der Waals surface area contributed by atoms with Crippen molar-refractivity contribution in [3.63, 3.8) is 0 Å². The molecule has 1 heterocycles. The first-order valence-corrected chi connectivity index (χ1v) is 5.74. The number of hydrogen-bond acceptors (Lipinski definition) is 3. The van der Waals surface area contributed by atoms with Gasteiger partial charge in [-0.2, -0.15) is 0 Å². The monoisotopic (exact) mass is 221 g/mol. The molecule has 0 spiro atoms. The van der Waals surface area contributed by atoms with E-state index in [4.69, 9.17) is 15.2 Å². The van der Waals surface area contributed by atoms with Crippen LogP contribution in [0.3, 0.4) is 0 Å². The summed E-state index contributed by atoms with van der Waals surface area (Å²) < 4.78 is 11.0. The minimum absolute atomic E-state index is 0.0858. The van der Waals surface area contributed by atoms with E-state index in [-0.39, 0.29) is 12.1 Å². The zero-order valence-corrected chi connectivity index (χ0v) is 9.90. The van der Waals surface area contributed by atoms with E-state index in [1.165, 1.54) is 5.56 Å². The molecule has 0 amide bonds. The highest BCUT2D eigenvalue weighted by molar-refractivity contribution is 5.39. The molecule has 1 aliphatic rings. The fourth-order valence-corrected chi connectivity index (χ4v) is 2.20. The Morgan fingerprint density at radius 2 is 2.31 bits per heavy atom. The van der Waals surface area contributed by atoms with Crippen LogP contribution in [0.5, 0.6) is 5.75 Å². The molecule has 0 radical (unpaired) electrons. The number of methoxy groups -OCH3 is 1. The Balaban J connectivity index is 2.26. The van der Waals surface area contributed by atoms with Crippen LogP contribution < -0.4 is 10.5 Å². The van der Waals surface area contributed by atoms with Crippen molar-refractivity contribution < 1.29 is 9.47 Å². The Morgan fingerprint density at radius 3 is 2.94 bits per heavy atom. The van der Waals surface area contributed by atoms with Crippen molar-refractivity contribution in [1.82, 2.24) is 0 Å². The molecule has 0 bridgehead atoms. The van der Waals surface area contributed by atoms with Gasteiger partial charge in [0.2, 0.25) is 0 Å². The molecule has 1 saturated heterocycles. The van der Waals surface area contributed by atoms with Gasteiger partial charge in [0.05, 0.1) is 19.3 Å². The largest absolute Gasteiger partial charge is 0.496 e. The van der Waals surface area contributed by atoms with Crippen LogP contribution in [0.4, 0.5) is 0 Å². The van der Waals surface area contributed by atoms with E-state index in [9.17, 15) is 0 Å². The third kappa shape index (κ3) is 2.20. The molecule has 2 rings (SSSR count). The van der Waals surface area contributed by atoms with Crippen LogP contribution in [0.1, 0.15) is 30.0 Å². The highest BCUT2D eigenvalue weighted by atomic mass is 16.5. The van der Waals surface area contributed by atoms with Gasteiger partial charge >= 0.3 is 0 Å². The lowest BCUT2D eigenvalue weighted by Crippen LogP contribution is -2.26. The average molecular weight is 221 g/mol. The van der Waals surface area contributed by atoms with Crippen LogP contribution in [0.2, 0.25) is 0 Å². The van der Waals surface area contributed by atoms with Gasteiger partial charge < -0.3 is 15.2 Å². The van der Waals surface area contributed by atoms with Crippen molar-refractivity contribution in [1.29, 1.82) is 0 Å². The average Bonchev–Trinajstić information content (AvgIpc) is 2.81. The number of aryl methyl sites for hydroxylation is 1. The Labute approximate surface area is 96.5 Å². The smallest absolute Gasteiger partial charge is 0.123 e. The maximum Gasteiger partial charge on any atom is 0.123 e. The SMILES string of the molecule is COc1ccc(C)cc1C(N)C1CCCO1. The van der Waals surface area contributed by atoms with Gasteiger partial charge in [-0.3, -0.25) is 0 Å². The molecule has 1 aliphatic heterocycles. The van der Waals surface area contributed by atoms with Gasteiger partial charge in [-0.25, -0.2) is 0 Å². The summed E-state index contributed by atoms with van der Waals surface area (Å²) in [5.74, 6) is 0.855. The second-order valence-corrected chi connectivity index (χ2v) is 4.32. The highest BCUT2D eigenvalue weighted by Gasteiger charge is 2.26. The van der Waals surface area contributed by atoms with Crippen LogP contribution in [0.25, 0.3) is 0 Å². The van der Waals surface area contributed by atoms with Crippen LogP contribution >= 0.6 is 0 Å². The topological polar surface area (TPSA) is 44.5 Å². The van der Waals surface area contributed by atoms with Gasteiger partial charge in [-0.15, -0.1) is 0 Å². The summed E-state index contributed by atoms with van der Waals surface area (Å²) in [5.41, 5.74) is 8.49. The molecule has 88 valence electrons. The second-order valence-electron chi connectivity index (χ2n) is 4.32. The maximum absolute atomic E-state index is 6.24. The molecule has 0 saturated carbocycles. The number of benzene rings is 1. The molecule has 0 aromatic heterocycles. The quantitative estimate of drug-likeness (QED) is 0.850. The Hall–Kier alpha value is -1.06. The van der Waals surface area contributed by atoms with E-state index in [1.807, 2.05) is 12.1 Å². The summed E-state index contributed by atoms with van der Waals surface area (Å²) in [6.07, 6.45) is 2.28. The van der Waals surface area contributed by atoms with E-state index in [0.29, 0.717) is 0 Å². The summed E-state index contributed by atoms with van der Waals surface area (Å²) in [5, 5.41) is 0. The zero-order chi connectivity index (χ0) is 11.5. The Morgan fingerprint density at radius 1 is 1.50 bits per heavy atom. The standard InChI is InChI=1S/C13H19NO2/c1-9-5-6-11(15-2)10(8-9)13(14)12-4-3-7-16-12/h5-6,8,12-13H,3-4,7,14H2,1-2H3. The molecule has 3 heteroatoms. The van der Waals surface area contributed by atoms with Crippen molar-refractivity contribution in [2.75, 3.05) is 13.7 Å². The van der Waals surface area contributed by atoms with Crippen molar-refractivity contribution in [2.24, 2.45) is 5.73 Å². The Bertz CT molecular complexity index is 359. The van der Waals surface area contributed by atoms with Crippen molar-refractivity contribution in [2.45, 2.75) is 31.9 Å². The summed E-state index contributed by atoms with van der Waals surface area (Å²) in [6.45, 7) is 2.89. The first-order valence-electron chi connectivity index (χ1n) is 5.74. The fraction of sp³-hybridized carbons (Fsp3) is 0.538. The minimum atomic E-state index is -0.0858. The van der Waals surface area contributed by atoms with Gasteiger partial charge in [0.1, 0.15) is 5.75 Å². The molecule has 2 N–H and O–H groups in total. The summed E-state index contributed by atoms with van der Waals surface area (Å²) in [6, 6.07) is 6.01. The van der Waals surface area contributed by atoms with Crippen LogP contribution in [-0.2, 0) is 4.74 Å². The molecule has 2 atom stereocenters. The molecule has 1 aromatic rings. The number of hydrogen-bond donors (Lipinski definition) is 1. The summed E-state index contributed by atoms with van der Waals surface area (Å²) >= 11 is 0. The molecule has 2 unspecified atom stereocenters. The predicted octanol–water partition coefficient (Wildman–Crippen LogP) is 2.18. The van der Waals surface area contributed by atoms with Gasteiger partial charge in [0, 0.05) is 12.2 Å². The van der Waals surface area contributed by atoms with Gasteiger partial charge in [0.25, 0.3) is 0 Å².